The molecule has 0 amide bonds. The standard InChI is InChI=1S/C20H26N2O4SSi/c1-28(2,3)8-7-25-12-22-11-13(10-21-22)17-9-15-14-5-4-6-16(23)18(14)26-20(24)19(15)27-17/h9-11,16,23H,4-8,12H2,1-3H3. The molecule has 8 heteroatoms. The third kappa shape index (κ3) is 4.00. The lowest BCUT2D eigenvalue weighted by Gasteiger charge is -2.19. The Hall–Kier alpha value is -1.74. The maximum Gasteiger partial charge on any atom is 0.354 e. The van der Waals surface area contributed by atoms with E-state index in [-0.39, 0.29) is 5.63 Å². The Bertz CT molecular complexity index is 1050. The predicted octanol–water partition coefficient (Wildman–Crippen LogP) is 4.40. The van der Waals surface area contributed by atoms with Gasteiger partial charge in [0.15, 0.2) is 0 Å². The molecule has 3 aromatic heterocycles. The number of aryl methyl sites for hydroxylation is 1. The van der Waals surface area contributed by atoms with Crippen LogP contribution in [0.1, 0.15) is 30.3 Å². The largest absolute Gasteiger partial charge is 0.424 e. The average Bonchev–Trinajstić information content (AvgIpc) is 3.26. The highest BCUT2D eigenvalue weighted by atomic mass is 32.1. The highest BCUT2D eigenvalue weighted by Gasteiger charge is 2.25. The van der Waals surface area contributed by atoms with Gasteiger partial charge in [0, 0.05) is 42.3 Å². The van der Waals surface area contributed by atoms with Crippen molar-refractivity contribution in [3.63, 3.8) is 0 Å². The van der Waals surface area contributed by atoms with E-state index in [4.69, 9.17) is 9.15 Å². The van der Waals surface area contributed by atoms with E-state index in [9.17, 15) is 9.90 Å². The van der Waals surface area contributed by atoms with Gasteiger partial charge in [-0.1, -0.05) is 19.6 Å². The quantitative estimate of drug-likeness (QED) is 0.474. The third-order valence-corrected chi connectivity index (χ3v) is 7.96. The molecule has 6 nitrogen and oxygen atoms in total. The van der Waals surface area contributed by atoms with Gasteiger partial charge in [0.2, 0.25) is 0 Å². The Kier molecular flexibility index (Phi) is 5.30. The lowest BCUT2D eigenvalue weighted by Crippen LogP contribution is -2.22. The van der Waals surface area contributed by atoms with E-state index >= 15 is 0 Å². The lowest BCUT2D eigenvalue weighted by molar-refractivity contribution is 0.0786. The number of fused-ring (bicyclic) bond motifs is 3. The van der Waals surface area contributed by atoms with Gasteiger partial charge in [0.05, 0.1) is 6.20 Å². The first-order valence-electron chi connectivity index (χ1n) is 9.70. The molecule has 1 aliphatic rings. The molecule has 1 aliphatic carbocycles. The van der Waals surface area contributed by atoms with Gasteiger partial charge in [-0.3, -0.25) is 0 Å². The van der Waals surface area contributed by atoms with Crippen molar-refractivity contribution >= 4 is 29.5 Å². The molecule has 1 N–H and O–H groups in total. The fraction of sp³-hybridized carbons (Fsp3) is 0.500. The van der Waals surface area contributed by atoms with Gasteiger partial charge in [0.25, 0.3) is 0 Å². The average molecular weight is 419 g/mol. The van der Waals surface area contributed by atoms with Gasteiger partial charge in [-0.25, -0.2) is 9.48 Å². The fourth-order valence-electron chi connectivity index (χ4n) is 3.48. The zero-order valence-electron chi connectivity index (χ0n) is 16.5. The molecule has 0 aliphatic heterocycles. The van der Waals surface area contributed by atoms with Crippen LogP contribution in [-0.4, -0.2) is 29.6 Å². The monoisotopic (exact) mass is 418 g/mol. The van der Waals surface area contributed by atoms with Crippen molar-refractivity contribution in [3.8, 4) is 10.4 Å². The molecule has 0 fully saturated rings. The summed E-state index contributed by atoms with van der Waals surface area (Å²) in [5, 5.41) is 15.5. The summed E-state index contributed by atoms with van der Waals surface area (Å²) in [6.07, 6.45) is 5.43. The zero-order valence-corrected chi connectivity index (χ0v) is 18.3. The van der Waals surface area contributed by atoms with Crippen LogP contribution in [0, 0.1) is 0 Å². The summed E-state index contributed by atoms with van der Waals surface area (Å²) >= 11 is 1.42. The van der Waals surface area contributed by atoms with Crippen molar-refractivity contribution in [2.75, 3.05) is 6.61 Å². The molecule has 0 saturated carbocycles. The van der Waals surface area contributed by atoms with Crippen molar-refractivity contribution in [2.45, 2.75) is 57.8 Å². The zero-order chi connectivity index (χ0) is 19.9. The van der Waals surface area contributed by atoms with E-state index in [1.54, 1.807) is 10.9 Å². The number of rotatable bonds is 6. The predicted molar refractivity (Wildman–Crippen MR) is 114 cm³/mol. The summed E-state index contributed by atoms with van der Waals surface area (Å²) in [6.45, 7) is 8.18. The van der Waals surface area contributed by atoms with Gasteiger partial charge >= 0.3 is 5.63 Å². The number of hydrogen-bond acceptors (Lipinski definition) is 6. The number of thiophene rings is 1. The lowest BCUT2D eigenvalue weighted by atomic mass is 9.93. The molecular formula is C20H26N2O4SSi. The molecular weight excluding hydrogens is 392 g/mol. The minimum absolute atomic E-state index is 0.368. The molecule has 0 radical (unpaired) electrons. The van der Waals surface area contributed by atoms with E-state index in [1.165, 1.54) is 11.3 Å². The highest BCUT2D eigenvalue weighted by Crippen LogP contribution is 2.38. The first kappa shape index (κ1) is 19.6. The second-order valence-corrected chi connectivity index (χ2v) is 15.3. The number of ether oxygens (including phenoxy) is 1. The summed E-state index contributed by atoms with van der Waals surface area (Å²) in [4.78, 5) is 13.4. The van der Waals surface area contributed by atoms with E-state index in [0.29, 0.717) is 23.6 Å². The maximum atomic E-state index is 12.4. The number of aliphatic hydroxyl groups excluding tert-OH is 1. The number of hydrogen-bond donors (Lipinski definition) is 1. The van der Waals surface area contributed by atoms with Crippen molar-refractivity contribution in [3.05, 3.63) is 40.2 Å². The molecule has 1 atom stereocenters. The molecule has 0 bridgehead atoms. The van der Waals surface area contributed by atoms with E-state index < -0.39 is 14.2 Å². The third-order valence-electron chi connectivity index (χ3n) is 5.09. The van der Waals surface area contributed by atoms with Crippen molar-refractivity contribution in [1.82, 2.24) is 9.78 Å². The Labute approximate surface area is 168 Å². The van der Waals surface area contributed by atoms with Crippen LogP contribution in [0.2, 0.25) is 25.7 Å². The van der Waals surface area contributed by atoms with Gasteiger partial charge in [-0.05, 0) is 31.4 Å². The van der Waals surface area contributed by atoms with E-state index in [1.807, 2.05) is 12.3 Å². The fourth-order valence-corrected chi connectivity index (χ4v) is 5.27. The van der Waals surface area contributed by atoms with Gasteiger partial charge in [-0.15, -0.1) is 11.3 Å². The molecule has 0 aromatic carbocycles. The minimum atomic E-state index is -1.09. The molecule has 28 heavy (non-hydrogen) atoms. The van der Waals surface area contributed by atoms with Crippen molar-refractivity contribution in [1.29, 1.82) is 0 Å². The van der Waals surface area contributed by atoms with Crippen LogP contribution in [0.4, 0.5) is 0 Å². The second kappa shape index (κ2) is 7.59. The summed E-state index contributed by atoms with van der Waals surface area (Å²) < 4.78 is 13.6. The molecule has 0 spiro atoms. The Morgan fingerprint density at radius 2 is 2.25 bits per heavy atom. The highest BCUT2D eigenvalue weighted by molar-refractivity contribution is 7.22. The van der Waals surface area contributed by atoms with Gasteiger partial charge < -0.3 is 14.3 Å². The number of aliphatic hydroxyl groups is 1. The number of nitrogens with zero attached hydrogens (tertiary/aromatic N) is 2. The van der Waals surface area contributed by atoms with E-state index in [2.05, 4.69) is 24.7 Å². The molecule has 150 valence electrons. The van der Waals surface area contributed by atoms with Crippen LogP contribution in [0.5, 0.6) is 0 Å². The van der Waals surface area contributed by atoms with Crippen LogP contribution in [0.15, 0.2) is 27.7 Å². The Balaban J connectivity index is 1.56. The molecule has 3 aromatic rings. The Morgan fingerprint density at radius 1 is 1.43 bits per heavy atom. The van der Waals surface area contributed by atoms with Crippen LogP contribution >= 0.6 is 11.3 Å². The van der Waals surface area contributed by atoms with Crippen LogP contribution in [-0.2, 0) is 17.9 Å². The topological polar surface area (TPSA) is 77.5 Å². The first-order chi connectivity index (χ1) is 13.3. The van der Waals surface area contributed by atoms with Crippen LogP contribution < -0.4 is 5.63 Å². The van der Waals surface area contributed by atoms with Gasteiger partial charge in [0.1, 0.15) is 23.3 Å². The van der Waals surface area contributed by atoms with Gasteiger partial charge in [-0.2, -0.15) is 5.10 Å². The normalized spacial score (nSPS) is 17.2. The molecule has 3 heterocycles. The SMILES string of the molecule is C[Si](C)(C)CCOCn1cc(-c2cc3c4c(oc(=O)c3s2)C(O)CCC4)cn1. The summed E-state index contributed by atoms with van der Waals surface area (Å²) in [5.41, 5.74) is 1.56. The summed E-state index contributed by atoms with van der Waals surface area (Å²) in [5.74, 6) is 0.444. The minimum Gasteiger partial charge on any atom is -0.424 e. The van der Waals surface area contributed by atoms with Crippen molar-refractivity contribution < 1.29 is 14.3 Å². The smallest absolute Gasteiger partial charge is 0.354 e. The summed E-state index contributed by atoms with van der Waals surface area (Å²) in [6, 6.07) is 3.16. The second-order valence-electron chi connectivity index (χ2n) is 8.61. The Morgan fingerprint density at radius 3 is 3.04 bits per heavy atom. The van der Waals surface area contributed by atoms with E-state index in [0.717, 1.165) is 46.9 Å². The van der Waals surface area contributed by atoms with Crippen LogP contribution in [0.25, 0.3) is 20.5 Å². The number of aromatic nitrogens is 2. The molecule has 0 saturated heterocycles. The van der Waals surface area contributed by atoms with Crippen molar-refractivity contribution in [2.24, 2.45) is 0 Å². The molecule has 1 unspecified atom stereocenters. The first-order valence-corrected chi connectivity index (χ1v) is 14.2. The maximum absolute atomic E-state index is 12.4. The van der Waals surface area contributed by atoms with Crippen LogP contribution in [0.3, 0.4) is 0 Å². The molecule has 4 rings (SSSR count). The summed E-state index contributed by atoms with van der Waals surface area (Å²) in [7, 11) is -1.09.